The van der Waals surface area contributed by atoms with Gasteiger partial charge < -0.3 is 15.2 Å². The molecule has 186 valence electrons. The van der Waals surface area contributed by atoms with Gasteiger partial charge in [0.05, 0.1) is 11.1 Å². The first-order chi connectivity index (χ1) is 16.9. The van der Waals surface area contributed by atoms with Gasteiger partial charge in [-0.05, 0) is 93.2 Å². The first-order valence-electron chi connectivity index (χ1n) is 13.6. The molecule has 0 radical (unpaired) electrons. The van der Waals surface area contributed by atoms with Crippen molar-refractivity contribution < 1.29 is 4.79 Å². The summed E-state index contributed by atoms with van der Waals surface area (Å²) in [7, 11) is 0. The predicted octanol–water partition coefficient (Wildman–Crippen LogP) is 6.62. The van der Waals surface area contributed by atoms with Gasteiger partial charge in [0, 0.05) is 30.0 Å². The number of nitrogens with zero attached hydrogens (tertiary/aromatic N) is 1. The SMILES string of the molecule is CCCNC[C@@H](C)c1c(-c2ccccc2)[nH]c2ccc(C(C)(C)C(=O)N3CC4CCC3CC4)cc12. The maximum absolute atomic E-state index is 13.9. The minimum Gasteiger partial charge on any atom is -0.354 e. The second-order valence-electron chi connectivity index (χ2n) is 11.4. The number of amides is 1. The van der Waals surface area contributed by atoms with E-state index in [1.165, 1.54) is 47.9 Å². The molecule has 3 fully saturated rings. The van der Waals surface area contributed by atoms with Crippen LogP contribution in [-0.4, -0.2) is 41.5 Å². The van der Waals surface area contributed by atoms with Crippen LogP contribution in [0.2, 0.25) is 0 Å². The zero-order valence-electron chi connectivity index (χ0n) is 21.9. The molecule has 3 aromatic rings. The van der Waals surface area contributed by atoms with Crippen LogP contribution >= 0.6 is 0 Å². The fraction of sp³-hybridized carbons (Fsp3) is 0.516. The highest BCUT2D eigenvalue weighted by Gasteiger charge is 2.42. The fourth-order valence-corrected chi connectivity index (χ4v) is 6.34. The lowest BCUT2D eigenvalue weighted by Gasteiger charge is -2.47. The van der Waals surface area contributed by atoms with Gasteiger partial charge in [0.2, 0.25) is 5.91 Å². The van der Waals surface area contributed by atoms with E-state index >= 15 is 0 Å². The molecule has 2 aromatic carbocycles. The number of carbonyl (C=O) groups excluding carboxylic acids is 1. The van der Waals surface area contributed by atoms with Crippen molar-refractivity contribution in [2.24, 2.45) is 5.92 Å². The first-order valence-corrected chi connectivity index (χ1v) is 13.6. The molecule has 0 unspecified atom stereocenters. The molecule has 6 rings (SSSR count). The maximum Gasteiger partial charge on any atom is 0.232 e. The zero-order valence-corrected chi connectivity index (χ0v) is 21.9. The van der Waals surface area contributed by atoms with Crippen LogP contribution < -0.4 is 5.32 Å². The summed E-state index contributed by atoms with van der Waals surface area (Å²) < 4.78 is 0. The number of aromatic nitrogens is 1. The Labute approximate surface area is 210 Å². The first kappa shape index (κ1) is 24.1. The van der Waals surface area contributed by atoms with Gasteiger partial charge >= 0.3 is 0 Å². The van der Waals surface area contributed by atoms with E-state index in [1.54, 1.807) is 0 Å². The van der Waals surface area contributed by atoms with Gasteiger partial charge in [-0.15, -0.1) is 0 Å². The third-order valence-electron chi connectivity index (χ3n) is 8.50. The molecule has 4 nitrogen and oxygen atoms in total. The number of H-pyrrole nitrogens is 1. The number of nitrogens with one attached hydrogen (secondary N) is 2. The molecular formula is C31H41N3O. The van der Waals surface area contributed by atoms with Crippen LogP contribution in [0.1, 0.15) is 76.8 Å². The second kappa shape index (κ2) is 9.81. The number of fused-ring (bicyclic) bond motifs is 4. The van der Waals surface area contributed by atoms with Crippen LogP contribution in [0.25, 0.3) is 22.2 Å². The Morgan fingerprint density at radius 2 is 1.86 bits per heavy atom. The summed E-state index contributed by atoms with van der Waals surface area (Å²) in [6.07, 6.45) is 6.07. The van der Waals surface area contributed by atoms with Crippen LogP contribution in [0.5, 0.6) is 0 Å². The fourth-order valence-electron chi connectivity index (χ4n) is 6.34. The van der Waals surface area contributed by atoms with Crippen molar-refractivity contribution in [2.45, 2.75) is 77.2 Å². The predicted molar refractivity (Wildman–Crippen MR) is 146 cm³/mol. The van der Waals surface area contributed by atoms with Gasteiger partial charge in [-0.3, -0.25) is 4.79 Å². The number of piperidine rings is 2. The topological polar surface area (TPSA) is 48.1 Å². The number of rotatable bonds is 8. The van der Waals surface area contributed by atoms with E-state index in [-0.39, 0.29) is 0 Å². The van der Waals surface area contributed by atoms with Crippen LogP contribution in [0.3, 0.4) is 0 Å². The van der Waals surface area contributed by atoms with E-state index in [0.717, 1.165) is 37.1 Å². The van der Waals surface area contributed by atoms with Crippen molar-refractivity contribution in [3.8, 4) is 11.3 Å². The molecular weight excluding hydrogens is 430 g/mol. The zero-order chi connectivity index (χ0) is 24.6. The Hall–Kier alpha value is -2.59. The average Bonchev–Trinajstić information content (AvgIpc) is 3.28. The summed E-state index contributed by atoms with van der Waals surface area (Å²) in [5.74, 6) is 1.34. The number of hydrogen-bond donors (Lipinski definition) is 2. The van der Waals surface area contributed by atoms with Gasteiger partial charge in [-0.1, -0.05) is 50.2 Å². The van der Waals surface area contributed by atoms with Gasteiger partial charge in [0.15, 0.2) is 0 Å². The number of hydrogen-bond acceptors (Lipinski definition) is 2. The third-order valence-corrected chi connectivity index (χ3v) is 8.50. The van der Waals surface area contributed by atoms with Crippen molar-refractivity contribution in [3.63, 3.8) is 0 Å². The Bertz CT molecular complexity index is 1170. The van der Waals surface area contributed by atoms with Gasteiger partial charge in [0.1, 0.15) is 0 Å². The molecule has 2 aliphatic heterocycles. The molecule has 3 aliphatic rings. The molecule has 2 N–H and O–H groups in total. The van der Waals surface area contributed by atoms with Crippen molar-refractivity contribution in [3.05, 3.63) is 59.7 Å². The summed E-state index contributed by atoms with van der Waals surface area (Å²) in [5.41, 5.74) is 5.46. The van der Waals surface area contributed by atoms with Crippen molar-refractivity contribution in [2.75, 3.05) is 19.6 Å². The highest BCUT2D eigenvalue weighted by Crippen LogP contribution is 2.40. The summed E-state index contributed by atoms with van der Waals surface area (Å²) in [4.78, 5) is 19.8. The van der Waals surface area contributed by atoms with Crippen molar-refractivity contribution in [1.29, 1.82) is 0 Å². The maximum atomic E-state index is 13.9. The standard InChI is InChI=1S/C31H41N3O/c1-5-17-32-19-21(2)28-26-18-24(13-16-27(26)33-29(28)23-9-7-6-8-10-23)31(3,4)30(35)34-20-22-11-14-25(34)15-12-22/h6-10,13,16,18,21-22,25,32-33H,5,11-12,14-15,17,19-20H2,1-4H3/t21-,22?,25?/m1/s1. The minimum atomic E-state index is -0.545. The summed E-state index contributed by atoms with van der Waals surface area (Å²) in [5, 5.41) is 4.86. The van der Waals surface area contributed by atoms with E-state index in [2.05, 4.69) is 91.4 Å². The monoisotopic (exact) mass is 471 g/mol. The minimum absolute atomic E-state index is 0.296. The van der Waals surface area contributed by atoms with Crippen LogP contribution in [0.4, 0.5) is 0 Å². The lowest BCUT2D eigenvalue weighted by atomic mass is 9.76. The van der Waals surface area contributed by atoms with E-state index in [0.29, 0.717) is 23.8 Å². The van der Waals surface area contributed by atoms with Crippen molar-refractivity contribution in [1.82, 2.24) is 15.2 Å². The van der Waals surface area contributed by atoms with Crippen molar-refractivity contribution >= 4 is 16.8 Å². The Balaban J connectivity index is 1.54. The molecule has 4 heteroatoms. The smallest absolute Gasteiger partial charge is 0.232 e. The van der Waals surface area contributed by atoms with Crippen LogP contribution in [-0.2, 0) is 10.2 Å². The van der Waals surface area contributed by atoms with Crippen LogP contribution in [0, 0.1) is 5.92 Å². The second-order valence-corrected chi connectivity index (χ2v) is 11.4. The molecule has 3 heterocycles. The Morgan fingerprint density at radius 1 is 1.11 bits per heavy atom. The number of benzene rings is 2. The number of aromatic amines is 1. The molecule has 1 aromatic heterocycles. The van der Waals surface area contributed by atoms with E-state index in [4.69, 9.17) is 0 Å². The molecule has 1 atom stereocenters. The molecule has 2 bridgehead atoms. The Kier molecular flexibility index (Phi) is 6.76. The lowest BCUT2D eigenvalue weighted by molar-refractivity contribution is -0.144. The highest BCUT2D eigenvalue weighted by molar-refractivity contribution is 5.94. The third kappa shape index (κ3) is 4.53. The molecule has 35 heavy (non-hydrogen) atoms. The van der Waals surface area contributed by atoms with Gasteiger partial charge in [-0.2, -0.15) is 0 Å². The molecule has 1 aliphatic carbocycles. The highest BCUT2D eigenvalue weighted by atomic mass is 16.2. The van der Waals surface area contributed by atoms with Gasteiger partial charge in [-0.25, -0.2) is 0 Å². The van der Waals surface area contributed by atoms with E-state index < -0.39 is 5.41 Å². The largest absolute Gasteiger partial charge is 0.354 e. The Morgan fingerprint density at radius 3 is 2.51 bits per heavy atom. The average molecular weight is 472 g/mol. The molecule has 1 amide bonds. The molecule has 1 saturated carbocycles. The lowest BCUT2D eigenvalue weighted by Crippen LogP contribution is -2.55. The van der Waals surface area contributed by atoms with E-state index in [1.807, 2.05) is 0 Å². The van der Waals surface area contributed by atoms with E-state index in [9.17, 15) is 4.79 Å². The quantitative estimate of drug-likeness (QED) is 0.363. The van der Waals surface area contributed by atoms with Crippen LogP contribution in [0.15, 0.2) is 48.5 Å². The normalized spacial score (nSPS) is 21.0. The molecule has 2 saturated heterocycles. The summed E-state index contributed by atoms with van der Waals surface area (Å²) in [6.45, 7) is 11.7. The summed E-state index contributed by atoms with van der Waals surface area (Å²) >= 11 is 0. The molecule has 0 spiro atoms. The van der Waals surface area contributed by atoms with Gasteiger partial charge in [0.25, 0.3) is 0 Å². The number of carbonyl (C=O) groups is 1. The summed E-state index contributed by atoms with van der Waals surface area (Å²) in [6, 6.07) is 17.7.